The van der Waals surface area contributed by atoms with Crippen molar-refractivity contribution in [1.82, 2.24) is 9.29 Å². The van der Waals surface area contributed by atoms with Crippen molar-refractivity contribution in [3.05, 3.63) is 40.3 Å². The van der Waals surface area contributed by atoms with Crippen LogP contribution in [0.5, 0.6) is 0 Å². The normalized spacial score (nSPS) is 15.5. The predicted octanol–water partition coefficient (Wildman–Crippen LogP) is 1.86. The lowest BCUT2D eigenvalue weighted by Crippen LogP contribution is -2.25. The smallest absolute Gasteiger partial charge is 0.242 e. The van der Waals surface area contributed by atoms with Gasteiger partial charge in [-0.1, -0.05) is 6.07 Å². The molecule has 2 aromatic rings. The Balaban J connectivity index is 1.69. The zero-order chi connectivity index (χ0) is 14.9. The average Bonchev–Trinajstić information content (AvgIpc) is 3.00. The molecule has 1 fully saturated rings. The molecule has 2 aromatic heterocycles. The van der Waals surface area contributed by atoms with E-state index < -0.39 is 10.0 Å². The highest BCUT2D eigenvalue weighted by atomic mass is 32.2. The van der Waals surface area contributed by atoms with Crippen molar-refractivity contribution in [2.45, 2.75) is 36.7 Å². The zero-order valence-corrected chi connectivity index (χ0v) is 13.3. The van der Waals surface area contributed by atoms with Crippen molar-refractivity contribution in [1.29, 1.82) is 0 Å². The molecule has 3 rings (SSSR count). The standard InChI is InChI=1S/C14H19N3O2S2/c15-9-12-8-14(10-17(12)11-3-4-11)21(18,19)16-6-5-13-2-1-7-20-13/h1-2,7-8,10-11,16H,3-6,9,15H2. The molecule has 0 aliphatic heterocycles. The van der Waals surface area contributed by atoms with Gasteiger partial charge in [-0.3, -0.25) is 0 Å². The lowest BCUT2D eigenvalue weighted by Gasteiger charge is -2.04. The highest BCUT2D eigenvalue weighted by Gasteiger charge is 2.27. The summed E-state index contributed by atoms with van der Waals surface area (Å²) in [5, 5.41) is 1.99. The van der Waals surface area contributed by atoms with Crippen LogP contribution in [0.2, 0.25) is 0 Å². The maximum atomic E-state index is 12.3. The third-order valence-electron chi connectivity index (χ3n) is 3.61. The molecule has 1 saturated carbocycles. The summed E-state index contributed by atoms with van der Waals surface area (Å²) in [5.74, 6) is 0. The number of sulfonamides is 1. The molecular weight excluding hydrogens is 306 g/mol. The lowest BCUT2D eigenvalue weighted by atomic mass is 10.3. The summed E-state index contributed by atoms with van der Waals surface area (Å²) in [6.45, 7) is 0.774. The van der Waals surface area contributed by atoms with E-state index in [1.807, 2.05) is 22.1 Å². The molecular formula is C14H19N3O2S2. The summed E-state index contributed by atoms with van der Waals surface area (Å²) < 4.78 is 29.3. The van der Waals surface area contributed by atoms with Gasteiger partial charge < -0.3 is 10.3 Å². The van der Waals surface area contributed by atoms with Crippen molar-refractivity contribution < 1.29 is 8.42 Å². The van der Waals surface area contributed by atoms with E-state index in [1.54, 1.807) is 23.6 Å². The molecule has 0 unspecified atom stereocenters. The van der Waals surface area contributed by atoms with Crippen LogP contribution in [0, 0.1) is 0 Å². The third kappa shape index (κ3) is 3.37. The van der Waals surface area contributed by atoms with Gasteiger partial charge in [-0.05, 0) is 36.8 Å². The first kappa shape index (κ1) is 14.8. The Hall–Kier alpha value is -1.15. The summed E-state index contributed by atoms with van der Waals surface area (Å²) >= 11 is 1.64. The Kier molecular flexibility index (Phi) is 4.17. The quantitative estimate of drug-likeness (QED) is 0.816. The van der Waals surface area contributed by atoms with E-state index in [4.69, 9.17) is 5.73 Å². The van der Waals surface area contributed by atoms with Gasteiger partial charge in [-0.25, -0.2) is 13.1 Å². The molecule has 2 heterocycles. The van der Waals surface area contributed by atoms with Crippen LogP contribution >= 0.6 is 11.3 Å². The molecule has 1 aliphatic rings. The van der Waals surface area contributed by atoms with Gasteiger partial charge in [0.15, 0.2) is 0 Å². The molecule has 0 atom stereocenters. The second kappa shape index (κ2) is 5.92. The predicted molar refractivity (Wildman–Crippen MR) is 83.8 cm³/mol. The second-order valence-electron chi connectivity index (χ2n) is 5.24. The molecule has 0 bridgehead atoms. The van der Waals surface area contributed by atoms with Gasteiger partial charge in [0.25, 0.3) is 0 Å². The molecule has 0 radical (unpaired) electrons. The van der Waals surface area contributed by atoms with Crippen LogP contribution in [0.15, 0.2) is 34.7 Å². The van der Waals surface area contributed by atoms with Gasteiger partial charge in [0, 0.05) is 35.9 Å². The highest BCUT2D eigenvalue weighted by molar-refractivity contribution is 7.89. The zero-order valence-electron chi connectivity index (χ0n) is 11.7. The Morgan fingerprint density at radius 1 is 1.43 bits per heavy atom. The first-order valence-electron chi connectivity index (χ1n) is 7.03. The molecule has 7 heteroatoms. The van der Waals surface area contributed by atoms with Crippen LogP contribution in [0.4, 0.5) is 0 Å². The molecule has 1 aliphatic carbocycles. The molecule has 0 spiro atoms. The van der Waals surface area contributed by atoms with Crippen LogP contribution < -0.4 is 10.5 Å². The van der Waals surface area contributed by atoms with E-state index in [0.717, 1.165) is 18.5 Å². The highest BCUT2D eigenvalue weighted by Crippen LogP contribution is 2.37. The SMILES string of the molecule is NCc1cc(S(=O)(=O)NCCc2cccs2)cn1C1CC1. The fourth-order valence-corrected chi connectivity index (χ4v) is 4.14. The number of hydrogen-bond acceptors (Lipinski definition) is 4. The molecule has 0 saturated heterocycles. The van der Waals surface area contributed by atoms with E-state index in [2.05, 4.69) is 4.72 Å². The van der Waals surface area contributed by atoms with Gasteiger partial charge >= 0.3 is 0 Å². The number of nitrogens with zero attached hydrogens (tertiary/aromatic N) is 1. The van der Waals surface area contributed by atoms with Crippen molar-refractivity contribution in [3.63, 3.8) is 0 Å². The maximum absolute atomic E-state index is 12.3. The van der Waals surface area contributed by atoms with E-state index in [1.165, 1.54) is 4.88 Å². The average molecular weight is 325 g/mol. The van der Waals surface area contributed by atoms with Crippen molar-refractivity contribution >= 4 is 21.4 Å². The van der Waals surface area contributed by atoms with Crippen LogP contribution in [0.3, 0.4) is 0 Å². The van der Waals surface area contributed by atoms with Gasteiger partial charge in [-0.15, -0.1) is 11.3 Å². The molecule has 5 nitrogen and oxygen atoms in total. The topological polar surface area (TPSA) is 77.1 Å². The molecule has 3 N–H and O–H groups in total. The Bertz CT molecular complexity index is 701. The van der Waals surface area contributed by atoms with E-state index in [0.29, 0.717) is 30.4 Å². The maximum Gasteiger partial charge on any atom is 0.242 e. The van der Waals surface area contributed by atoms with Gasteiger partial charge in [0.1, 0.15) is 0 Å². The fraction of sp³-hybridized carbons (Fsp3) is 0.429. The summed E-state index contributed by atoms with van der Waals surface area (Å²) in [6.07, 6.45) is 4.64. The van der Waals surface area contributed by atoms with Gasteiger partial charge in [0.2, 0.25) is 10.0 Å². The first-order valence-corrected chi connectivity index (χ1v) is 9.39. The number of thiophene rings is 1. The Labute approximate surface area is 128 Å². The molecule has 21 heavy (non-hydrogen) atoms. The number of hydrogen-bond donors (Lipinski definition) is 2. The number of nitrogens with two attached hydrogens (primary N) is 1. The van der Waals surface area contributed by atoms with Crippen LogP contribution in [-0.2, 0) is 23.0 Å². The largest absolute Gasteiger partial charge is 0.346 e. The minimum Gasteiger partial charge on any atom is -0.346 e. The molecule has 114 valence electrons. The fourth-order valence-electron chi connectivity index (χ4n) is 2.35. The second-order valence-corrected chi connectivity index (χ2v) is 8.04. The third-order valence-corrected chi connectivity index (χ3v) is 5.97. The lowest BCUT2D eigenvalue weighted by molar-refractivity contribution is 0.581. The van der Waals surface area contributed by atoms with Gasteiger partial charge in [-0.2, -0.15) is 0 Å². The summed E-state index contributed by atoms with van der Waals surface area (Å²) in [5.41, 5.74) is 6.59. The number of rotatable bonds is 7. The van der Waals surface area contributed by atoms with Crippen LogP contribution in [0.1, 0.15) is 29.5 Å². The van der Waals surface area contributed by atoms with Gasteiger partial charge in [0.05, 0.1) is 4.90 Å². The summed E-state index contributed by atoms with van der Waals surface area (Å²) in [4.78, 5) is 1.50. The molecule has 0 amide bonds. The Morgan fingerprint density at radius 3 is 2.86 bits per heavy atom. The summed E-state index contributed by atoms with van der Waals surface area (Å²) in [6, 6.07) is 6.09. The summed E-state index contributed by atoms with van der Waals surface area (Å²) in [7, 11) is -3.45. The van der Waals surface area contributed by atoms with E-state index in [9.17, 15) is 8.42 Å². The van der Waals surface area contributed by atoms with Crippen molar-refractivity contribution in [3.8, 4) is 0 Å². The van der Waals surface area contributed by atoms with Crippen molar-refractivity contribution in [2.24, 2.45) is 5.73 Å². The Morgan fingerprint density at radius 2 is 2.24 bits per heavy atom. The van der Waals surface area contributed by atoms with E-state index in [-0.39, 0.29) is 0 Å². The minimum atomic E-state index is -3.45. The monoisotopic (exact) mass is 325 g/mol. The van der Waals surface area contributed by atoms with Crippen LogP contribution in [-0.4, -0.2) is 19.5 Å². The number of aromatic nitrogens is 1. The van der Waals surface area contributed by atoms with Crippen molar-refractivity contribution in [2.75, 3.05) is 6.54 Å². The van der Waals surface area contributed by atoms with Crippen LogP contribution in [0.25, 0.3) is 0 Å². The van der Waals surface area contributed by atoms with E-state index >= 15 is 0 Å². The number of nitrogens with one attached hydrogen (secondary N) is 1. The molecule has 0 aromatic carbocycles. The minimum absolute atomic E-state index is 0.320. The first-order chi connectivity index (χ1) is 10.1.